The Bertz CT molecular complexity index is 302. The zero-order valence-electron chi connectivity index (χ0n) is 5.89. The van der Waals surface area contributed by atoms with Crippen molar-refractivity contribution in [2.45, 2.75) is 4.90 Å². The lowest BCUT2D eigenvalue weighted by Gasteiger charge is -2.07. The van der Waals surface area contributed by atoms with Gasteiger partial charge in [0.05, 0.1) is 0 Å². The second-order valence-corrected chi connectivity index (χ2v) is 3.35. The molecule has 5 heteroatoms. The third-order valence-electron chi connectivity index (χ3n) is 1.30. The lowest BCUT2D eigenvalue weighted by molar-refractivity contribution is 0.108. The molecule has 0 saturated carbocycles. The predicted octanol–water partition coefficient (Wildman–Crippen LogP) is 0.995. The summed E-state index contributed by atoms with van der Waals surface area (Å²) in [4.78, 5) is 10.7. The third-order valence-corrected chi connectivity index (χ3v) is 2.25. The predicted molar refractivity (Wildman–Crippen MR) is 46.9 cm³/mol. The Kier molecular flexibility index (Phi) is 3.02. The van der Waals surface area contributed by atoms with E-state index in [9.17, 15) is 13.6 Å². The molecule has 0 N–H and O–H groups in total. The molecule has 0 aliphatic carbocycles. The number of hydrogen-bond acceptors (Lipinski definition) is 3. The summed E-state index contributed by atoms with van der Waals surface area (Å²) in [6.07, 6.45) is 0. The maximum absolute atomic E-state index is 10.8. The Morgan fingerprint density at radius 3 is 2.42 bits per heavy atom. The van der Waals surface area contributed by atoms with E-state index in [1.165, 1.54) is 12.1 Å². The zero-order chi connectivity index (χ0) is 9.14. The van der Waals surface area contributed by atoms with Crippen LogP contribution < -0.4 is 0 Å². The van der Waals surface area contributed by atoms with Gasteiger partial charge in [-0.15, -0.1) is 12.6 Å². The van der Waals surface area contributed by atoms with E-state index in [1.54, 1.807) is 12.1 Å². The van der Waals surface area contributed by atoms with Gasteiger partial charge in [0.1, 0.15) is 0 Å². The van der Waals surface area contributed by atoms with Gasteiger partial charge >= 0.3 is 0 Å². The van der Waals surface area contributed by atoms with Crippen molar-refractivity contribution in [3.63, 3.8) is 0 Å². The van der Waals surface area contributed by atoms with Crippen molar-refractivity contribution < 1.29 is 13.6 Å². The third kappa shape index (κ3) is 1.94. The minimum atomic E-state index is -2.38. The zero-order valence-corrected chi connectivity index (χ0v) is 7.60. The Hall–Kier alpha value is -0.650. The summed E-state index contributed by atoms with van der Waals surface area (Å²) >= 11 is 1.16. The van der Waals surface area contributed by atoms with Gasteiger partial charge in [0.15, 0.2) is 0 Å². The van der Waals surface area contributed by atoms with E-state index in [0.717, 1.165) is 0 Å². The first-order valence-electron chi connectivity index (χ1n) is 3.04. The smallest absolute Gasteiger partial charge is 0.217 e. The van der Waals surface area contributed by atoms with Gasteiger partial charge in [0, 0.05) is 10.5 Å². The summed E-state index contributed by atoms with van der Waals surface area (Å²) in [6, 6.07) is 5.90. The quantitative estimate of drug-likeness (QED) is 0.573. The molecule has 0 spiro atoms. The standard InChI is InChI=1S/C7H6O3S2/c8-7(11)5-3-1-2-4-6(5)12(9)10/h1-4H,(H,8,11)(H,9,10)/p-1. The van der Waals surface area contributed by atoms with E-state index in [0.29, 0.717) is 0 Å². The van der Waals surface area contributed by atoms with E-state index >= 15 is 0 Å². The van der Waals surface area contributed by atoms with Crippen molar-refractivity contribution in [1.82, 2.24) is 0 Å². The largest absolute Gasteiger partial charge is 0.768 e. The Morgan fingerprint density at radius 1 is 1.42 bits per heavy atom. The summed E-state index contributed by atoms with van der Waals surface area (Å²) in [5.41, 5.74) is 0.106. The molecule has 1 atom stereocenters. The molecule has 0 heterocycles. The van der Waals surface area contributed by atoms with Crippen molar-refractivity contribution in [1.29, 1.82) is 0 Å². The van der Waals surface area contributed by atoms with Crippen LogP contribution >= 0.6 is 12.6 Å². The van der Waals surface area contributed by atoms with Crippen LogP contribution in [0.15, 0.2) is 29.2 Å². The van der Waals surface area contributed by atoms with Gasteiger partial charge in [-0.05, 0) is 23.2 Å². The van der Waals surface area contributed by atoms with E-state index < -0.39 is 16.2 Å². The molecule has 0 aromatic heterocycles. The molecular weight excluding hydrogens is 196 g/mol. The highest BCUT2D eigenvalue weighted by molar-refractivity contribution is 7.97. The number of rotatable bonds is 2. The number of carbonyl (C=O) groups excluding carboxylic acids is 1. The average molecular weight is 201 g/mol. The minimum absolute atomic E-state index is 0.0162. The van der Waals surface area contributed by atoms with Gasteiger partial charge in [-0.1, -0.05) is 12.1 Å². The Balaban J connectivity index is 3.27. The van der Waals surface area contributed by atoms with E-state index in [2.05, 4.69) is 12.6 Å². The number of benzene rings is 1. The summed E-state index contributed by atoms with van der Waals surface area (Å²) < 4.78 is 21.1. The molecule has 0 fully saturated rings. The Labute approximate surface area is 77.5 Å². The molecule has 0 bridgehead atoms. The summed E-state index contributed by atoms with van der Waals surface area (Å²) in [7, 11) is 0. The molecule has 1 aromatic carbocycles. The van der Waals surface area contributed by atoms with Crippen LogP contribution in [0, 0.1) is 0 Å². The number of carbonyl (C=O) groups is 1. The van der Waals surface area contributed by atoms with E-state index in [1.807, 2.05) is 0 Å². The highest BCUT2D eigenvalue weighted by atomic mass is 32.2. The second kappa shape index (κ2) is 3.84. The molecule has 12 heavy (non-hydrogen) atoms. The van der Waals surface area contributed by atoms with Crippen LogP contribution in [-0.4, -0.2) is 13.9 Å². The van der Waals surface area contributed by atoms with E-state index in [4.69, 9.17) is 0 Å². The van der Waals surface area contributed by atoms with Gasteiger partial charge < -0.3 is 4.55 Å². The van der Waals surface area contributed by atoms with Crippen molar-refractivity contribution >= 4 is 28.8 Å². The van der Waals surface area contributed by atoms with Crippen molar-refractivity contribution in [2.24, 2.45) is 0 Å². The first-order valence-corrected chi connectivity index (χ1v) is 4.56. The topological polar surface area (TPSA) is 57.2 Å². The number of hydrogen-bond donors (Lipinski definition) is 1. The lowest BCUT2D eigenvalue weighted by Crippen LogP contribution is -1.98. The van der Waals surface area contributed by atoms with Crippen molar-refractivity contribution in [3.05, 3.63) is 29.8 Å². The second-order valence-electron chi connectivity index (χ2n) is 2.04. The highest BCUT2D eigenvalue weighted by Crippen LogP contribution is 2.13. The molecule has 1 rings (SSSR count). The first kappa shape index (κ1) is 9.44. The molecule has 0 amide bonds. The van der Waals surface area contributed by atoms with Gasteiger partial charge in [0.2, 0.25) is 5.12 Å². The normalized spacial score (nSPS) is 12.5. The van der Waals surface area contributed by atoms with Crippen LogP contribution in [0.1, 0.15) is 10.4 Å². The summed E-state index contributed by atoms with van der Waals surface area (Å²) in [5, 5.41) is -0.546. The maximum Gasteiger partial charge on any atom is 0.217 e. The minimum Gasteiger partial charge on any atom is -0.768 e. The van der Waals surface area contributed by atoms with Crippen LogP contribution in [0.4, 0.5) is 0 Å². The van der Waals surface area contributed by atoms with Gasteiger partial charge in [0.25, 0.3) is 0 Å². The number of thiol groups is 1. The molecule has 0 radical (unpaired) electrons. The average Bonchev–Trinajstić information content (AvgIpc) is 2.04. The molecular formula is C7H5O3S2-. The van der Waals surface area contributed by atoms with Gasteiger partial charge in [-0.2, -0.15) is 0 Å². The molecule has 3 nitrogen and oxygen atoms in total. The van der Waals surface area contributed by atoms with Gasteiger partial charge in [-0.3, -0.25) is 9.00 Å². The van der Waals surface area contributed by atoms with Crippen LogP contribution in [0.25, 0.3) is 0 Å². The van der Waals surface area contributed by atoms with Crippen molar-refractivity contribution in [2.75, 3.05) is 0 Å². The summed E-state index contributed by atoms with van der Waals surface area (Å²) in [6.45, 7) is 0. The highest BCUT2D eigenvalue weighted by Gasteiger charge is 2.06. The van der Waals surface area contributed by atoms with Crippen molar-refractivity contribution in [3.8, 4) is 0 Å². The fraction of sp³-hybridized carbons (Fsp3) is 0. The molecule has 1 unspecified atom stereocenters. The fourth-order valence-electron chi connectivity index (χ4n) is 0.789. The first-order chi connectivity index (χ1) is 5.63. The van der Waals surface area contributed by atoms with Crippen LogP contribution in [-0.2, 0) is 11.1 Å². The van der Waals surface area contributed by atoms with Crippen LogP contribution in [0.2, 0.25) is 0 Å². The molecule has 64 valence electrons. The fourth-order valence-corrected chi connectivity index (χ4v) is 1.59. The molecule has 0 saturated heterocycles. The van der Waals surface area contributed by atoms with Crippen LogP contribution in [0.5, 0.6) is 0 Å². The lowest BCUT2D eigenvalue weighted by atomic mass is 10.2. The molecule has 0 aliphatic rings. The maximum atomic E-state index is 10.8. The summed E-state index contributed by atoms with van der Waals surface area (Å²) in [5.74, 6) is 0. The van der Waals surface area contributed by atoms with Crippen LogP contribution in [0.3, 0.4) is 0 Å². The molecule has 0 aliphatic heterocycles. The van der Waals surface area contributed by atoms with E-state index in [-0.39, 0.29) is 10.5 Å². The van der Waals surface area contributed by atoms with Gasteiger partial charge in [-0.25, -0.2) is 0 Å². The monoisotopic (exact) mass is 201 g/mol. The molecule has 1 aromatic rings. The SMILES string of the molecule is O=C(S)c1ccccc1S(=O)[O-]. The Morgan fingerprint density at radius 2 is 2.00 bits per heavy atom.